The summed E-state index contributed by atoms with van der Waals surface area (Å²) < 4.78 is 2.84. The largest absolute Gasteiger partial charge is 0.409 e. The summed E-state index contributed by atoms with van der Waals surface area (Å²) in [6.07, 6.45) is 3.69. The van der Waals surface area contributed by atoms with Crippen molar-refractivity contribution in [2.75, 3.05) is 0 Å². The van der Waals surface area contributed by atoms with Crippen LogP contribution in [-0.4, -0.2) is 20.8 Å². The molecule has 0 aliphatic rings. The molecule has 1 aromatic heterocycles. The summed E-state index contributed by atoms with van der Waals surface area (Å²) in [5.41, 5.74) is 6.76. The van der Waals surface area contributed by atoms with E-state index >= 15 is 0 Å². The molecule has 0 fully saturated rings. The number of benzene rings is 1. The van der Waals surface area contributed by atoms with E-state index < -0.39 is 0 Å². The second-order valence-corrected chi connectivity index (χ2v) is 5.11. The van der Waals surface area contributed by atoms with E-state index in [2.05, 4.69) is 32.8 Å². The van der Waals surface area contributed by atoms with Crippen molar-refractivity contribution in [2.45, 2.75) is 12.5 Å². The van der Waals surface area contributed by atoms with Gasteiger partial charge in [0.05, 0.1) is 22.2 Å². The van der Waals surface area contributed by atoms with Crippen molar-refractivity contribution in [3.05, 3.63) is 51.9 Å². The zero-order valence-corrected chi connectivity index (χ0v) is 11.7. The van der Waals surface area contributed by atoms with E-state index in [-0.39, 0.29) is 11.8 Å². The van der Waals surface area contributed by atoms with Gasteiger partial charge < -0.3 is 10.9 Å². The van der Waals surface area contributed by atoms with E-state index in [0.29, 0.717) is 6.54 Å². The van der Waals surface area contributed by atoms with Gasteiger partial charge in [0, 0.05) is 6.20 Å². The summed E-state index contributed by atoms with van der Waals surface area (Å²) in [5, 5.41) is 16.2. The van der Waals surface area contributed by atoms with Crippen LogP contribution in [0.25, 0.3) is 0 Å². The molecule has 0 saturated heterocycles. The Morgan fingerprint density at radius 1 is 1.44 bits per heavy atom. The maximum absolute atomic E-state index is 8.88. The van der Waals surface area contributed by atoms with Gasteiger partial charge in [0.2, 0.25) is 0 Å². The fourth-order valence-electron chi connectivity index (χ4n) is 1.75. The van der Waals surface area contributed by atoms with Crippen molar-refractivity contribution in [1.82, 2.24) is 9.78 Å². The summed E-state index contributed by atoms with van der Waals surface area (Å²) in [6, 6.07) is 9.71. The summed E-state index contributed by atoms with van der Waals surface area (Å²) in [4.78, 5) is 0. The molecular formula is C12H13IN4O. The zero-order valence-electron chi connectivity index (χ0n) is 9.57. The Kier molecular flexibility index (Phi) is 4.19. The molecule has 2 rings (SSSR count). The molecular weight excluding hydrogens is 343 g/mol. The minimum absolute atomic E-state index is 0.187. The highest BCUT2D eigenvalue weighted by atomic mass is 127. The van der Waals surface area contributed by atoms with Crippen molar-refractivity contribution in [2.24, 2.45) is 10.9 Å². The molecule has 1 atom stereocenters. The smallest absolute Gasteiger partial charge is 0.148 e. The van der Waals surface area contributed by atoms with E-state index in [0.717, 1.165) is 9.13 Å². The van der Waals surface area contributed by atoms with Gasteiger partial charge in [-0.3, -0.25) is 4.68 Å². The third kappa shape index (κ3) is 3.00. The first-order chi connectivity index (χ1) is 8.70. The summed E-state index contributed by atoms with van der Waals surface area (Å²) in [5.74, 6) is -0.00129. The number of oxime groups is 1. The van der Waals surface area contributed by atoms with Crippen molar-refractivity contribution in [3.8, 4) is 0 Å². The fraction of sp³-hybridized carbons (Fsp3) is 0.167. The van der Waals surface area contributed by atoms with Gasteiger partial charge in [0.1, 0.15) is 5.84 Å². The predicted octanol–water partition coefficient (Wildman–Crippen LogP) is 2.02. The van der Waals surface area contributed by atoms with Crippen LogP contribution < -0.4 is 5.73 Å². The highest BCUT2D eigenvalue weighted by Gasteiger charge is 2.17. The lowest BCUT2D eigenvalue weighted by atomic mass is 9.98. The monoisotopic (exact) mass is 356 g/mol. The van der Waals surface area contributed by atoms with Crippen LogP contribution in [0.5, 0.6) is 0 Å². The molecule has 1 aromatic carbocycles. The lowest BCUT2D eigenvalue weighted by Crippen LogP contribution is -2.26. The van der Waals surface area contributed by atoms with E-state index in [9.17, 15) is 0 Å². The number of rotatable bonds is 4. The lowest BCUT2D eigenvalue weighted by molar-refractivity contribution is 0.315. The van der Waals surface area contributed by atoms with Crippen molar-refractivity contribution >= 4 is 28.4 Å². The number of nitrogens with two attached hydrogens (primary N) is 1. The average molecular weight is 356 g/mol. The second-order valence-electron chi connectivity index (χ2n) is 3.87. The standard InChI is InChI=1S/C12H13IN4O/c13-10-6-15-17(7-10)8-11(12(14)16-18)9-4-2-1-3-5-9/h1-7,11,18H,8H2,(H2,14,16). The van der Waals surface area contributed by atoms with Crippen LogP contribution in [0.15, 0.2) is 47.9 Å². The first kappa shape index (κ1) is 12.9. The van der Waals surface area contributed by atoms with Crippen LogP contribution in [-0.2, 0) is 6.54 Å². The number of hydrogen-bond donors (Lipinski definition) is 2. The van der Waals surface area contributed by atoms with Gasteiger partial charge in [0.15, 0.2) is 0 Å². The Hall–Kier alpha value is -1.57. The number of aromatic nitrogens is 2. The van der Waals surface area contributed by atoms with E-state index in [1.54, 1.807) is 10.9 Å². The SMILES string of the molecule is NC(=NO)C(Cn1cc(I)cn1)c1ccccc1. The van der Waals surface area contributed by atoms with Gasteiger partial charge in [-0.2, -0.15) is 5.10 Å². The summed E-state index contributed by atoms with van der Waals surface area (Å²) in [7, 11) is 0. The molecule has 3 N–H and O–H groups in total. The van der Waals surface area contributed by atoms with Gasteiger partial charge in [0.25, 0.3) is 0 Å². The molecule has 0 aliphatic carbocycles. The number of amidine groups is 1. The van der Waals surface area contributed by atoms with Gasteiger partial charge in [-0.05, 0) is 28.2 Å². The zero-order chi connectivity index (χ0) is 13.0. The fourth-order valence-corrected chi connectivity index (χ4v) is 2.20. The number of hydrogen-bond acceptors (Lipinski definition) is 3. The number of nitrogens with zero attached hydrogens (tertiary/aromatic N) is 3. The molecule has 0 amide bonds. The van der Waals surface area contributed by atoms with Gasteiger partial charge in [-0.15, -0.1) is 0 Å². The first-order valence-electron chi connectivity index (χ1n) is 5.41. The molecule has 1 heterocycles. The Morgan fingerprint density at radius 3 is 2.72 bits per heavy atom. The van der Waals surface area contributed by atoms with Gasteiger partial charge >= 0.3 is 0 Å². The maximum atomic E-state index is 8.88. The third-order valence-electron chi connectivity index (χ3n) is 2.65. The maximum Gasteiger partial charge on any atom is 0.148 e. The molecule has 0 radical (unpaired) electrons. The average Bonchev–Trinajstić information content (AvgIpc) is 2.82. The van der Waals surface area contributed by atoms with E-state index in [1.165, 1.54) is 0 Å². The van der Waals surface area contributed by atoms with Crippen LogP contribution in [0.1, 0.15) is 11.5 Å². The van der Waals surface area contributed by atoms with Crippen molar-refractivity contribution in [1.29, 1.82) is 0 Å². The Labute approximate surface area is 118 Å². The minimum Gasteiger partial charge on any atom is -0.409 e. The van der Waals surface area contributed by atoms with Crippen molar-refractivity contribution in [3.63, 3.8) is 0 Å². The number of halogens is 1. The molecule has 0 saturated carbocycles. The van der Waals surface area contributed by atoms with Crippen LogP contribution in [0.4, 0.5) is 0 Å². The molecule has 94 valence electrons. The Morgan fingerprint density at radius 2 is 2.17 bits per heavy atom. The molecule has 5 nitrogen and oxygen atoms in total. The molecule has 1 unspecified atom stereocenters. The lowest BCUT2D eigenvalue weighted by Gasteiger charge is -2.15. The van der Waals surface area contributed by atoms with Crippen LogP contribution >= 0.6 is 22.6 Å². The molecule has 0 aliphatic heterocycles. The van der Waals surface area contributed by atoms with Gasteiger partial charge in [-0.25, -0.2) is 0 Å². The van der Waals surface area contributed by atoms with Gasteiger partial charge in [-0.1, -0.05) is 35.5 Å². The van der Waals surface area contributed by atoms with Crippen LogP contribution in [0, 0.1) is 3.57 Å². The normalized spacial score (nSPS) is 13.5. The first-order valence-corrected chi connectivity index (χ1v) is 6.49. The molecule has 18 heavy (non-hydrogen) atoms. The highest BCUT2D eigenvalue weighted by Crippen LogP contribution is 2.18. The summed E-state index contributed by atoms with van der Waals surface area (Å²) in [6.45, 7) is 0.545. The van der Waals surface area contributed by atoms with Crippen LogP contribution in [0.2, 0.25) is 0 Å². The molecule has 6 heteroatoms. The summed E-state index contributed by atoms with van der Waals surface area (Å²) >= 11 is 2.19. The Bertz CT molecular complexity index is 538. The third-order valence-corrected chi connectivity index (χ3v) is 3.20. The Balaban J connectivity index is 2.27. The molecule has 2 aromatic rings. The molecule has 0 bridgehead atoms. The predicted molar refractivity (Wildman–Crippen MR) is 77.5 cm³/mol. The highest BCUT2D eigenvalue weighted by molar-refractivity contribution is 14.1. The molecule has 0 spiro atoms. The topological polar surface area (TPSA) is 76.4 Å². The quantitative estimate of drug-likeness (QED) is 0.289. The van der Waals surface area contributed by atoms with E-state index in [1.807, 2.05) is 36.5 Å². The van der Waals surface area contributed by atoms with Crippen LogP contribution in [0.3, 0.4) is 0 Å². The second kappa shape index (κ2) is 5.85. The van der Waals surface area contributed by atoms with E-state index in [4.69, 9.17) is 10.9 Å². The minimum atomic E-state index is -0.188. The van der Waals surface area contributed by atoms with Crippen molar-refractivity contribution < 1.29 is 5.21 Å².